The maximum absolute atomic E-state index is 13.1. The lowest BCUT2D eigenvalue weighted by atomic mass is 10.2. The summed E-state index contributed by atoms with van der Waals surface area (Å²) < 4.78 is 14.7. The molecule has 176 valence electrons. The Morgan fingerprint density at radius 2 is 1.79 bits per heavy atom. The molecule has 0 bridgehead atoms. The molecule has 1 heterocycles. The molecular formula is C19H21N5O8S. The van der Waals surface area contributed by atoms with Crippen LogP contribution in [0, 0.1) is 0 Å². The molecule has 0 fully saturated rings. The van der Waals surface area contributed by atoms with Crippen molar-refractivity contribution >= 4 is 47.0 Å². The number of nitrogens with two attached hydrogens (primary N) is 1. The zero-order valence-corrected chi connectivity index (χ0v) is 18.6. The Balaban J connectivity index is 2.30. The summed E-state index contributed by atoms with van der Waals surface area (Å²) in [6.45, 7) is 3.92. The Morgan fingerprint density at radius 3 is 2.36 bits per heavy atom. The molecular weight excluding hydrogens is 458 g/mol. The van der Waals surface area contributed by atoms with Gasteiger partial charge in [-0.15, -0.1) is 11.3 Å². The minimum atomic E-state index is -1.48. The van der Waals surface area contributed by atoms with Crippen LogP contribution in [0.3, 0.4) is 0 Å². The SMILES string of the molecule is CCOC(=O)C(N)NC(=O)NN(C(=O)c1ccc(OC(C)=O)c(OC(C)=O)c1)c1cscn1. The van der Waals surface area contributed by atoms with Crippen molar-refractivity contribution < 1.29 is 38.2 Å². The van der Waals surface area contributed by atoms with Crippen molar-refractivity contribution in [2.24, 2.45) is 5.73 Å². The monoisotopic (exact) mass is 479 g/mol. The van der Waals surface area contributed by atoms with E-state index in [0.29, 0.717) is 0 Å². The van der Waals surface area contributed by atoms with Gasteiger partial charge in [-0.25, -0.2) is 20.0 Å². The van der Waals surface area contributed by atoms with Crippen molar-refractivity contribution in [3.63, 3.8) is 0 Å². The van der Waals surface area contributed by atoms with Gasteiger partial charge in [-0.1, -0.05) is 0 Å². The highest BCUT2D eigenvalue weighted by molar-refractivity contribution is 7.07. The topological polar surface area (TPSA) is 179 Å². The summed E-state index contributed by atoms with van der Waals surface area (Å²) in [6.07, 6.45) is -1.48. The van der Waals surface area contributed by atoms with E-state index in [9.17, 15) is 24.0 Å². The van der Waals surface area contributed by atoms with Crippen LogP contribution in [-0.4, -0.2) is 47.6 Å². The number of hydrogen-bond donors (Lipinski definition) is 3. The van der Waals surface area contributed by atoms with Gasteiger partial charge < -0.3 is 25.3 Å². The van der Waals surface area contributed by atoms with Crippen LogP contribution in [0.1, 0.15) is 31.1 Å². The summed E-state index contributed by atoms with van der Waals surface area (Å²) in [5, 5.41) is 4.41. The van der Waals surface area contributed by atoms with Crippen molar-refractivity contribution in [2.75, 3.05) is 11.6 Å². The molecule has 1 aromatic carbocycles. The van der Waals surface area contributed by atoms with E-state index in [1.54, 1.807) is 6.92 Å². The van der Waals surface area contributed by atoms with Crippen LogP contribution >= 0.6 is 11.3 Å². The van der Waals surface area contributed by atoms with Gasteiger partial charge in [-0.3, -0.25) is 14.4 Å². The second-order valence-corrected chi connectivity index (χ2v) is 6.87. The smallest absolute Gasteiger partial charge is 0.343 e. The van der Waals surface area contributed by atoms with Gasteiger partial charge in [-0.2, -0.15) is 5.01 Å². The number of ether oxygens (including phenoxy) is 3. The van der Waals surface area contributed by atoms with Crippen LogP contribution in [0.25, 0.3) is 0 Å². The maximum atomic E-state index is 13.1. The molecule has 0 aliphatic rings. The molecule has 1 unspecified atom stereocenters. The highest BCUT2D eigenvalue weighted by atomic mass is 32.1. The molecule has 3 amide bonds. The normalized spacial score (nSPS) is 11.0. The van der Waals surface area contributed by atoms with E-state index in [1.807, 2.05) is 0 Å². The number of anilines is 1. The molecule has 2 rings (SSSR count). The minimum absolute atomic E-state index is 0.0508. The summed E-state index contributed by atoms with van der Waals surface area (Å²) in [5.74, 6) is -3.24. The molecule has 2 aromatic rings. The Kier molecular flexibility index (Phi) is 8.82. The summed E-state index contributed by atoms with van der Waals surface area (Å²) in [7, 11) is 0. The predicted molar refractivity (Wildman–Crippen MR) is 114 cm³/mol. The first kappa shape index (κ1) is 25.2. The number of nitrogens with zero attached hydrogens (tertiary/aromatic N) is 2. The Bertz CT molecular complexity index is 1040. The van der Waals surface area contributed by atoms with Crippen LogP contribution < -0.4 is 31.0 Å². The molecule has 0 saturated heterocycles. The fraction of sp³-hybridized carbons (Fsp3) is 0.263. The molecule has 14 heteroatoms. The number of thiazole rings is 1. The number of esters is 3. The van der Waals surface area contributed by atoms with Gasteiger partial charge in [0.05, 0.1) is 12.1 Å². The van der Waals surface area contributed by atoms with Gasteiger partial charge in [0.25, 0.3) is 5.91 Å². The van der Waals surface area contributed by atoms with Crippen molar-refractivity contribution in [1.82, 2.24) is 15.7 Å². The molecule has 0 saturated carbocycles. The van der Waals surface area contributed by atoms with Gasteiger partial charge in [0.1, 0.15) is 0 Å². The van der Waals surface area contributed by atoms with E-state index in [0.717, 1.165) is 36.3 Å². The van der Waals surface area contributed by atoms with E-state index >= 15 is 0 Å². The van der Waals surface area contributed by atoms with E-state index in [2.05, 4.69) is 15.7 Å². The first-order valence-electron chi connectivity index (χ1n) is 9.35. The lowest BCUT2D eigenvalue weighted by molar-refractivity contribution is -0.145. The zero-order chi connectivity index (χ0) is 24.5. The van der Waals surface area contributed by atoms with E-state index in [-0.39, 0.29) is 29.5 Å². The number of hydrogen-bond acceptors (Lipinski definition) is 11. The van der Waals surface area contributed by atoms with Gasteiger partial charge >= 0.3 is 23.9 Å². The van der Waals surface area contributed by atoms with Crippen LogP contribution in [-0.2, 0) is 19.1 Å². The maximum Gasteiger partial charge on any atom is 0.343 e. The third kappa shape index (κ3) is 7.26. The largest absolute Gasteiger partial charge is 0.463 e. The minimum Gasteiger partial charge on any atom is -0.463 e. The molecule has 0 aliphatic carbocycles. The highest BCUT2D eigenvalue weighted by Gasteiger charge is 2.25. The molecule has 4 N–H and O–H groups in total. The average Bonchev–Trinajstić information content (AvgIpc) is 3.26. The van der Waals surface area contributed by atoms with Crippen molar-refractivity contribution in [1.29, 1.82) is 0 Å². The van der Waals surface area contributed by atoms with Gasteiger partial charge in [0.2, 0.25) is 0 Å². The number of hydrazine groups is 1. The molecule has 33 heavy (non-hydrogen) atoms. The molecule has 1 atom stereocenters. The van der Waals surface area contributed by atoms with Gasteiger partial charge in [-0.05, 0) is 25.1 Å². The van der Waals surface area contributed by atoms with Crippen LogP contribution in [0.15, 0.2) is 29.1 Å². The summed E-state index contributed by atoms with van der Waals surface area (Å²) in [6, 6.07) is 2.71. The molecule has 0 radical (unpaired) electrons. The number of rotatable bonds is 7. The van der Waals surface area contributed by atoms with Gasteiger partial charge in [0, 0.05) is 24.8 Å². The predicted octanol–water partition coefficient (Wildman–Crippen LogP) is 0.703. The second kappa shape index (κ2) is 11.5. The quantitative estimate of drug-likeness (QED) is 0.221. The number of benzene rings is 1. The van der Waals surface area contributed by atoms with Crippen LogP contribution in [0.2, 0.25) is 0 Å². The molecule has 0 aliphatic heterocycles. The number of aromatic nitrogens is 1. The molecule has 1 aromatic heterocycles. The lowest BCUT2D eigenvalue weighted by Gasteiger charge is -2.22. The Labute approximate surface area is 191 Å². The Morgan fingerprint density at radius 1 is 1.12 bits per heavy atom. The number of urea groups is 1. The van der Waals surface area contributed by atoms with E-state index in [4.69, 9.17) is 19.9 Å². The second-order valence-electron chi connectivity index (χ2n) is 6.15. The molecule has 13 nitrogen and oxygen atoms in total. The average molecular weight is 479 g/mol. The van der Waals surface area contributed by atoms with Crippen LogP contribution in [0.4, 0.5) is 10.6 Å². The third-order valence-corrected chi connectivity index (χ3v) is 4.16. The van der Waals surface area contributed by atoms with E-state index < -0.39 is 36.0 Å². The summed E-state index contributed by atoms with van der Waals surface area (Å²) in [5.41, 5.74) is 9.18. The number of nitrogens with one attached hydrogen (secondary N) is 2. The fourth-order valence-electron chi connectivity index (χ4n) is 2.34. The van der Waals surface area contributed by atoms with Crippen molar-refractivity contribution in [3.05, 3.63) is 34.7 Å². The van der Waals surface area contributed by atoms with Gasteiger partial charge in [0.15, 0.2) is 23.5 Å². The fourth-order valence-corrected chi connectivity index (χ4v) is 2.86. The number of carbonyl (C=O) groups excluding carboxylic acids is 5. The number of amides is 3. The summed E-state index contributed by atoms with van der Waals surface area (Å²) >= 11 is 1.15. The first-order chi connectivity index (χ1) is 15.6. The number of carbonyl (C=O) groups is 5. The van der Waals surface area contributed by atoms with Crippen molar-refractivity contribution in [2.45, 2.75) is 26.9 Å². The van der Waals surface area contributed by atoms with Crippen molar-refractivity contribution in [3.8, 4) is 11.5 Å². The Hall–Kier alpha value is -4.04. The first-order valence-corrected chi connectivity index (χ1v) is 10.3. The third-order valence-electron chi connectivity index (χ3n) is 3.59. The lowest BCUT2D eigenvalue weighted by Crippen LogP contribution is -2.57. The summed E-state index contributed by atoms with van der Waals surface area (Å²) in [4.78, 5) is 63.8. The standard InChI is InChI=1S/C19H21N5O8S/c1-4-30-18(28)16(20)22-19(29)23-24(15-8-33-9-21-15)17(27)12-5-6-13(31-10(2)25)14(7-12)32-11(3)26/h5-9,16H,4,20H2,1-3H3,(H2,22,23,29). The molecule has 0 spiro atoms. The van der Waals surface area contributed by atoms with Crippen LogP contribution in [0.5, 0.6) is 11.5 Å². The highest BCUT2D eigenvalue weighted by Crippen LogP contribution is 2.30. The zero-order valence-electron chi connectivity index (χ0n) is 17.8. The van der Waals surface area contributed by atoms with E-state index in [1.165, 1.54) is 23.0 Å².